The Hall–Kier alpha value is -3.12. The van der Waals surface area contributed by atoms with E-state index >= 15 is 0 Å². The molecule has 6 aromatic carbocycles. The van der Waals surface area contributed by atoms with Gasteiger partial charge in [-0.05, 0) is 66.9 Å². The molecular formula is C25H16. The number of fused-ring (bicyclic) bond motifs is 5. The molecule has 0 atom stereocenters. The predicted molar refractivity (Wildman–Crippen MR) is 110 cm³/mol. The first-order valence-corrected chi connectivity index (χ1v) is 8.80. The van der Waals surface area contributed by atoms with Crippen LogP contribution in [0.4, 0.5) is 0 Å². The zero-order chi connectivity index (χ0) is 16.5. The highest BCUT2D eigenvalue weighted by Gasteiger charge is 2.15. The predicted octanol–water partition coefficient (Wildman–Crippen LogP) is 7.20. The van der Waals surface area contributed by atoms with Gasteiger partial charge >= 0.3 is 0 Å². The molecule has 0 unspecified atom stereocenters. The zero-order valence-corrected chi connectivity index (χ0v) is 14.0. The van der Waals surface area contributed by atoms with Crippen LogP contribution < -0.4 is 0 Å². The average molecular weight is 316 g/mol. The van der Waals surface area contributed by atoms with Gasteiger partial charge in [-0.3, -0.25) is 0 Å². The van der Waals surface area contributed by atoms with Crippen LogP contribution in [0.5, 0.6) is 0 Å². The Bertz CT molecular complexity index is 1440. The third kappa shape index (κ3) is 1.62. The summed E-state index contributed by atoms with van der Waals surface area (Å²) in [7, 11) is 0. The van der Waals surface area contributed by atoms with Gasteiger partial charge in [-0.25, -0.2) is 0 Å². The summed E-state index contributed by atoms with van der Waals surface area (Å²) < 4.78 is 0. The quantitative estimate of drug-likeness (QED) is 0.205. The maximum Gasteiger partial charge on any atom is -0.00139 e. The molecule has 0 aliphatic heterocycles. The van der Waals surface area contributed by atoms with Crippen LogP contribution in [0.25, 0.3) is 53.9 Å². The number of aryl methyl sites for hydroxylation is 1. The minimum absolute atomic E-state index is 1.31. The highest BCUT2D eigenvalue weighted by Crippen LogP contribution is 2.43. The lowest BCUT2D eigenvalue weighted by Crippen LogP contribution is -1.89. The Kier molecular flexibility index (Phi) is 2.37. The van der Waals surface area contributed by atoms with Gasteiger partial charge in [0.2, 0.25) is 0 Å². The maximum atomic E-state index is 2.35. The van der Waals surface area contributed by atoms with E-state index in [1.54, 1.807) is 0 Å². The first-order chi connectivity index (χ1) is 12.3. The highest BCUT2D eigenvalue weighted by atomic mass is 14.2. The van der Waals surface area contributed by atoms with Gasteiger partial charge in [-0.15, -0.1) is 0 Å². The second-order valence-electron chi connectivity index (χ2n) is 7.09. The Morgan fingerprint density at radius 2 is 1.24 bits per heavy atom. The van der Waals surface area contributed by atoms with Crippen LogP contribution in [-0.2, 0) is 0 Å². The summed E-state index contributed by atoms with van der Waals surface area (Å²) in [6.07, 6.45) is 0. The van der Waals surface area contributed by atoms with Gasteiger partial charge in [0.05, 0.1) is 0 Å². The summed E-state index contributed by atoms with van der Waals surface area (Å²) in [6.45, 7) is 2.18. The van der Waals surface area contributed by atoms with Crippen LogP contribution in [0, 0.1) is 6.92 Å². The molecule has 0 fully saturated rings. The monoisotopic (exact) mass is 316 g/mol. The molecule has 6 rings (SSSR count). The number of rotatable bonds is 0. The minimum atomic E-state index is 1.31. The highest BCUT2D eigenvalue weighted by molar-refractivity contribution is 6.38. The smallest absolute Gasteiger partial charge is 0.00139 e. The molecule has 0 aliphatic carbocycles. The number of benzene rings is 6. The van der Waals surface area contributed by atoms with Crippen molar-refractivity contribution in [1.29, 1.82) is 0 Å². The SMILES string of the molecule is Cc1ccc2c3cccc4ccc5cc6ccccc6c(c2c1)c5c43. The third-order valence-electron chi connectivity index (χ3n) is 5.60. The normalized spacial score (nSPS) is 12.2. The fourth-order valence-electron chi connectivity index (χ4n) is 4.54. The lowest BCUT2D eigenvalue weighted by atomic mass is 9.86. The van der Waals surface area contributed by atoms with E-state index in [1.165, 1.54) is 59.4 Å². The van der Waals surface area contributed by atoms with Crippen molar-refractivity contribution < 1.29 is 0 Å². The van der Waals surface area contributed by atoms with E-state index < -0.39 is 0 Å². The van der Waals surface area contributed by atoms with Crippen molar-refractivity contribution in [3.05, 3.63) is 84.4 Å². The van der Waals surface area contributed by atoms with Gasteiger partial charge in [0.15, 0.2) is 0 Å². The molecule has 116 valence electrons. The first kappa shape index (κ1) is 13.2. The second-order valence-corrected chi connectivity index (χ2v) is 7.09. The van der Waals surface area contributed by atoms with E-state index in [4.69, 9.17) is 0 Å². The van der Waals surface area contributed by atoms with Crippen molar-refractivity contribution in [3.8, 4) is 0 Å². The lowest BCUT2D eigenvalue weighted by molar-refractivity contribution is 1.51. The summed E-state index contributed by atoms with van der Waals surface area (Å²) in [6, 6.07) is 29.2. The van der Waals surface area contributed by atoms with Gasteiger partial charge in [-0.2, -0.15) is 0 Å². The largest absolute Gasteiger partial charge is 0.0616 e. The van der Waals surface area contributed by atoms with E-state index in [-0.39, 0.29) is 0 Å². The van der Waals surface area contributed by atoms with Crippen molar-refractivity contribution in [2.24, 2.45) is 0 Å². The molecule has 0 bridgehead atoms. The fraction of sp³-hybridized carbons (Fsp3) is 0.0400. The summed E-state index contributed by atoms with van der Waals surface area (Å²) in [4.78, 5) is 0. The maximum absolute atomic E-state index is 2.35. The second kappa shape index (κ2) is 4.49. The molecular weight excluding hydrogens is 300 g/mol. The Balaban J connectivity index is 2.13. The van der Waals surface area contributed by atoms with Crippen molar-refractivity contribution in [2.45, 2.75) is 6.92 Å². The molecule has 0 radical (unpaired) electrons. The van der Waals surface area contributed by atoms with Crippen LogP contribution in [0.2, 0.25) is 0 Å². The van der Waals surface area contributed by atoms with Gasteiger partial charge < -0.3 is 0 Å². The van der Waals surface area contributed by atoms with E-state index in [2.05, 4.69) is 85.8 Å². The Morgan fingerprint density at radius 3 is 2.20 bits per heavy atom. The van der Waals surface area contributed by atoms with Gasteiger partial charge in [0, 0.05) is 0 Å². The molecule has 0 nitrogen and oxygen atoms in total. The number of hydrogen-bond acceptors (Lipinski definition) is 0. The molecule has 0 aliphatic rings. The van der Waals surface area contributed by atoms with Crippen molar-refractivity contribution in [1.82, 2.24) is 0 Å². The van der Waals surface area contributed by atoms with Crippen LogP contribution in [0.1, 0.15) is 5.56 Å². The third-order valence-corrected chi connectivity index (χ3v) is 5.60. The molecule has 0 heteroatoms. The lowest BCUT2D eigenvalue weighted by Gasteiger charge is -2.17. The van der Waals surface area contributed by atoms with Gasteiger partial charge in [-0.1, -0.05) is 78.4 Å². The molecule has 25 heavy (non-hydrogen) atoms. The Labute approximate surface area is 145 Å². The van der Waals surface area contributed by atoms with Crippen LogP contribution in [-0.4, -0.2) is 0 Å². The summed E-state index contributed by atoms with van der Waals surface area (Å²) in [5, 5.41) is 13.6. The van der Waals surface area contributed by atoms with E-state index in [9.17, 15) is 0 Å². The van der Waals surface area contributed by atoms with E-state index in [1.807, 2.05) is 0 Å². The molecule has 0 aromatic heterocycles. The first-order valence-electron chi connectivity index (χ1n) is 8.80. The molecule has 0 heterocycles. The molecule has 0 saturated heterocycles. The molecule has 0 amide bonds. The summed E-state index contributed by atoms with van der Waals surface area (Å²) in [5.74, 6) is 0. The van der Waals surface area contributed by atoms with Crippen molar-refractivity contribution >= 4 is 53.9 Å². The van der Waals surface area contributed by atoms with E-state index in [0.29, 0.717) is 0 Å². The zero-order valence-electron chi connectivity index (χ0n) is 14.0. The molecule has 0 N–H and O–H groups in total. The topological polar surface area (TPSA) is 0 Å². The summed E-state index contributed by atoms with van der Waals surface area (Å²) >= 11 is 0. The standard InChI is InChI=1S/C25H16/c1-15-9-12-20-21-8-4-6-16-10-11-18-14-17-5-2-3-7-19(17)25(22(20)13-15)24(18)23(16)21/h2-14H,1H3. The average Bonchev–Trinajstić information content (AvgIpc) is 2.65. The molecule has 0 saturated carbocycles. The summed E-state index contributed by atoms with van der Waals surface area (Å²) in [5.41, 5.74) is 1.31. The molecule has 6 aromatic rings. The fourth-order valence-corrected chi connectivity index (χ4v) is 4.54. The van der Waals surface area contributed by atoms with Crippen LogP contribution >= 0.6 is 0 Å². The number of hydrogen-bond donors (Lipinski definition) is 0. The van der Waals surface area contributed by atoms with Gasteiger partial charge in [0.1, 0.15) is 0 Å². The van der Waals surface area contributed by atoms with Crippen molar-refractivity contribution in [3.63, 3.8) is 0 Å². The van der Waals surface area contributed by atoms with Crippen molar-refractivity contribution in [2.75, 3.05) is 0 Å². The van der Waals surface area contributed by atoms with E-state index in [0.717, 1.165) is 0 Å². The Morgan fingerprint density at radius 1 is 0.440 bits per heavy atom. The minimum Gasteiger partial charge on any atom is -0.0616 e. The molecule has 0 spiro atoms. The van der Waals surface area contributed by atoms with Crippen LogP contribution in [0.3, 0.4) is 0 Å². The van der Waals surface area contributed by atoms with Gasteiger partial charge in [0.25, 0.3) is 0 Å². The van der Waals surface area contributed by atoms with Crippen LogP contribution in [0.15, 0.2) is 78.9 Å².